The van der Waals surface area contributed by atoms with Gasteiger partial charge in [0, 0.05) is 6.20 Å². The first kappa shape index (κ1) is 13.6. The first-order chi connectivity index (χ1) is 5.20. The van der Waals surface area contributed by atoms with Crippen LogP contribution in [0.3, 0.4) is 0 Å². The number of hydrogen-bond donors (Lipinski definition) is 0. The minimum Gasteiger partial charge on any atom is -0.358 e. The van der Waals surface area contributed by atoms with Gasteiger partial charge in [0.25, 0.3) is 0 Å². The molecule has 1 radical (unpaired) electrons. The second-order valence-electron chi connectivity index (χ2n) is 3.14. The Morgan fingerprint density at radius 2 is 2.00 bits per heavy atom. The zero-order valence-corrected chi connectivity index (χ0v) is 10.7. The Labute approximate surface area is 75.9 Å². The second-order valence-corrected chi connectivity index (χ2v) is 3.14. The summed E-state index contributed by atoms with van der Waals surface area (Å²) in [6.45, 7) is 6.40. The molecule has 0 aromatic heterocycles. The maximum Gasteiger partial charge on any atom is 0.0106 e. The third-order valence-corrected chi connectivity index (χ3v) is 1.71. The molecule has 13 heavy (non-hydrogen) atoms. The van der Waals surface area contributed by atoms with Gasteiger partial charge in [0.2, 0.25) is 0 Å². The molecule has 1 heterocycles. The van der Waals surface area contributed by atoms with E-state index in [0.717, 1.165) is 0 Å². The number of nitrogens with zero attached hydrogens (tertiary/aromatic N) is 1. The molecule has 0 aromatic rings. The molecule has 1 rings (SSSR count). The van der Waals surface area contributed by atoms with E-state index >= 15 is 0 Å². The van der Waals surface area contributed by atoms with Crippen LogP contribution in [-0.2, 0) is 0 Å². The molecule has 0 fully saturated rings. The van der Waals surface area contributed by atoms with Crippen LogP contribution in [0.25, 0.3) is 0 Å². The molecule has 83 valence electrons. The Morgan fingerprint density at radius 3 is 2.54 bits per heavy atom. The van der Waals surface area contributed by atoms with Gasteiger partial charge in [-0.15, -0.1) is 12.5 Å². The maximum absolute atomic E-state index is 4.17. The average Bonchev–Trinajstić information content (AvgIpc) is 2.13. The predicted molar refractivity (Wildman–Crippen MR) is 55.9 cm³/mol. The first-order valence-corrected chi connectivity index (χ1v) is 3.95. The van der Waals surface area contributed by atoms with E-state index in [-0.39, 0.29) is 7.43 Å². The van der Waals surface area contributed by atoms with E-state index in [1.165, 1.54) is 11.5 Å². The van der Waals surface area contributed by atoms with E-state index in [1.807, 2.05) is 12.4 Å². The number of aliphatic imine (C=N–C) groups is 1. The van der Waals surface area contributed by atoms with E-state index in [9.17, 15) is 0 Å². The molecule has 0 unspecified atom stereocenters. The van der Waals surface area contributed by atoms with Crippen molar-refractivity contribution in [3.05, 3.63) is 37.3 Å². The van der Waals surface area contributed by atoms with Gasteiger partial charge in [-0.25, -0.2) is 12.2 Å². The van der Waals surface area contributed by atoms with E-state index in [1.54, 1.807) is 0 Å². The van der Waals surface area contributed by atoms with Crippen molar-refractivity contribution in [2.75, 3.05) is 0 Å². The fourth-order valence-corrected chi connectivity index (χ4v) is 0.896. The van der Waals surface area contributed by atoms with Crippen LogP contribution in [0.15, 0.2) is 28.9 Å². The molecule has 0 aliphatic carbocycles. The zero-order chi connectivity index (χ0) is 8.27. The van der Waals surface area contributed by atoms with Crippen molar-refractivity contribution in [2.45, 2.75) is 20.8 Å². The average molecular weight is 425 g/mol. The van der Waals surface area contributed by atoms with Crippen LogP contribution in [0.5, 0.6) is 0 Å². The number of allylic oxidation sites excluding steroid dienone is 3. The third kappa shape index (κ3) is 3.80. The standard InChI is InChI=1S/C10H14N.CH3.Lr/c1-8(2)10-5-4-9(3)6-11-7-10;;/h4-8H,1-3H3;1H3;/q2*-1;. The summed E-state index contributed by atoms with van der Waals surface area (Å²) >= 11 is 0. The van der Waals surface area contributed by atoms with Gasteiger partial charge in [-0.2, -0.15) is 5.92 Å². The summed E-state index contributed by atoms with van der Waals surface area (Å²) in [5.41, 5.74) is 1.29. The van der Waals surface area contributed by atoms with E-state index in [4.69, 9.17) is 0 Å². The molecule has 0 aromatic carbocycles. The van der Waals surface area contributed by atoms with Crippen molar-refractivity contribution >= 4 is 6.21 Å². The van der Waals surface area contributed by atoms with Crippen LogP contribution >= 0.6 is 0 Å². The minimum absolute atomic E-state index is 0. The van der Waals surface area contributed by atoms with Gasteiger partial charge in [0.05, 0.1) is 0 Å². The summed E-state index contributed by atoms with van der Waals surface area (Å²) in [6, 6.07) is 0. The largest absolute Gasteiger partial charge is 0.358 e. The van der Waals surface area contributed by atoms with Crippen molar-refractivity contribution < 1.29 is 0 Å². The second kappa shape index (κ2) is 5.64. The number of rotatable bonds is 1. The number of hydrogen-bond acceptors (Lipinski definition) is 1. The Bertz CT molecular complexity index is 214. The van der Waals surface area contributed by atoms with E-state index in [0.29, 0.717) is 5.92 Å². The van der Waals surface area contributed by atoms with Gasteiger partial charge in [0.15, 0.2) is 0 Å². The summed E-state index contributed by atoms with van der Waals surface area (Å²) in [4.78, 5) is 4.17. The van der Waals surface area contributed by atoms with Crippen LogP contribution in [0.1, 0.15) is 20.8 Å². The summed E-state index contributed by atoms with van der Waals surface area (Å²) in [5.74, 6) is 1.77. The molecule has 0 amide bonds. The topological polar surface area (TPSA) is 12.4 Å². The van der Waals surface area contributed by atoms with Gasteiger partial charge >= 0.3 is 0 Å². The van der Waals surface area contributed by atoms with Crippen molar-refractivity contribution in [1.29, 1.82) is 0 Å². The van der Waals surface area contributed by atoms with Gasteiger partial charge in [-0.3, -0.25) is 4.99 Å². The Balaban J connectivity index is 0. The van der Waals surface area contributed by atoms with Gasteiger partial charge in [-0.1, -0.05) is 20.1 Å². The fraction of sp³-hybridized carbons (Fsp3) is 0.364. The minimum atomic E-state index is 0. The van der Waals surface area contributed by atoms with Crippen molar-refractivity contribution in [3.63, 3.8) is 0 Å². The molecule has 1 aliphatic heterocycles. The van der Waals surface area contributed by atoms with E-state index < -0.39 is 0 Å². The Hall–Kier alpha value is -1.98. The van der Waals surface area contributed by atoms with Crippen molar-refractivity contribution in [3.8, 4) is 0 Å². The van der Waals surface area contributed by atoms with Crippen LogP contribution < -0.4 is 0 Å². The molecule has 0 N–H and O–H groups in total. The third-order valence-electron chi connectivity index (χ3n) is 1.71. The molecular formula is C11H17LrN-2. The molecule has 2 heteroatoms. The van der Waals surface area contributed by atoms with Crippen LogP contribution in [0, 0.1) is 19.3 Å². The van der Waals surface area contributed by atoms with Crippen molar-refractivity contribution in [1.82, 2.24) is 0 Å². The van der Waals surface area contributed by atoms with Crippen LogP contribution in [-0.4, -0.2) is 6.21 Å². The van der Waals surface area contributed by atoms with Crippen molar-refractivity contribution in [2.24, 2.45) is 10.9 Å². The van der Waals surface area contributed by atoms with Gasteiger partial charge in [0.1, 0.15) is 0 Å². The van der Waals surface area contributed by atoms with Gasteiger partial charge < -0.3 is 7.43 Å². The quantitative estimate of drug-likeness (QED) is 0.573. The molecular weight excluding hydrogens is 408 g/mol. The summed E-state index contributed by atoms with van der Waals surface area (Å²) in [6.07, 6.45) is 8.04. The molecule has 0 bridgehead atoms. The Kier molecular flexibility index (Phi) is 5.90. The normalized spacial score (nSPS) is 14.5. The molecule has 0 atom stereocenters. The molecule has 0 saturated heterocycles. The monoisotopic (exact) mass is 425 g/mol. The van der Waals surface area contributed by atoms with Crippen LogP contribution in [0.2, 0.25) is 0 Å². The molecule has 1 nitrogen and oxygen atoms in total. The predicted octanol–water partition coefficient (Wildman–Crippen LogP) is 3.21. The fourth-order valence-electron chi connectivity index (χ4n) is 0.896. The summed E-state index contributed by atoms with van der Waals surface area (Å²) < 4.78 is 0. The molecule has 0 spiro atoms. The van der Waals surface area contributed by atoms with Gasteiger partial charge in [-0.05, 0) is 5.92 Å². The first-order valence-electron chi connectivity index (χ1n) is 3.95. The smallest absolute Gasteiger partial charge is 0.0106 e. The molecule has 1 aliphatic rings. The molecule has 0 saturated carbocycles. The summed E-state index contributed by atoms with van der Waals surface area (Å²) in [7, 11) is 0. The summed E-state index contributed by atoms with van der Waals surface area (Å²) in [5, 5.41) is 0. The van der Waals surface area contributed by atoms with Crippen LogP contribution in [0.4, 0.5) is 0 Å². The Morgan fingerprint density at radius 1 is 1.38 bits per heavy atom. The van der Waals surface area contributed by atoms with E-state index in [2.05, 4.69) is 37.9 Å². The zero-order valence-electron chi connectivity index (χ0n) is 8.59. The SMILES string of the molecule is C[C-]1C=CC(C(C)C)=CN=C1.[CH3-].[Lr]. The maximum atomic E-state index is 4.17.